The van der Waals surface area contributed by atoms with Crippen molar-refractivity contribution in [3.05, 3.63) is 0 Å². The first-order chi connectivity index (χ1) is 34.3. The van der Waals surface area contributed by atoms with Gasteiger partial charge in [-0.15, -0.1) is 0 Å². The molecule has 0 radical (unpaired) electrons. The van der Waals surface area contributed by atoms with E-state index in [1.165, 1.54) is 6.92 Å². The first-order valence-corrected chi connectivity index (χ1v) is 24.1. The van der Waals surface area contributed by atoms with Crippen LogP contribution in [0.3, 0.4) is 0 Å². The number of unbranched alkanes of at least 4 members (excludes halogenated alkanes) is 1. The first-order valence-electron chi connectivity index (χ1n) is 22.2. The van der Waals surface area contributed by atoms with E-state index >= 15 is 0 Å². The average molecular weight is 1100 g/mol. The van der Waals surface area contributed by atoms with Crippen LogP contribution in [0.2, 0.25) is 0 Å². The lowest BCUT2D eigenvalue weighted by Gasteiger charge is -2.27. The van der Waals surface area contributed by atoms with E-state index in [1.54, 1.807) is 0 Å². The van der Waals surface area contributed by atoms with E-state index in [9.17, 15) is 82.8 Å². The monoisotopic (exact) mass is 1100 g/mol. The highest BCUT2D eigenvalue weighted by atomic mass is 32.1. The quantitative estimate of drug-likeness (QED) is 0.0205. The van der Waals surface area contributed by atoms with Crippen molar-refractivity contribution >= 4 is 115 Å². The number of nitrogens with one attached hydrogen (secondary N) is 11. The largest absolute Gasteiger partial charge is 0.480 e. The predicted octanol–water partition coefficient (Wildman–Crippen LogP) is -10.8. The Kier molecular flexibility index (Phi) is 33.0. The zero-order chi connectivity index (χ0) is 56.0. The average Bonchev–Trinajstić information content (AvgIpc) is 3.34. The zero-order valence-corrected chi connectivity index (χ0v) is 42.5. The van der Waals surface area contributed by atoms with Crippen molar-refractivity contribution in [2.24, 2.45) is 17.2 Å². The van der Waals surface area contributed by atoms with Crippen molar-refractivity contribution in [2.75, 3.05) is 56.7 Å². The van der Waals surface area contributed by atoms with Crippen LogP contribution >= 0.6 is 37.9 Å². The number of carboxylic acids is 1. The highest BCUT2D eigenvalue weighted by Crippen LogP contribution is 2.04. The molecular formula is C39H68N14O17S3. The van der Waals surface area contributed by atoms with Gasteiger partial charge in [-0.1, -0.05) is 0 Å². The molecule has 0 heterocycles. The van der Waals surface area contributed by atoms with Crippen LogP contribution < -0.4 is 75.7 Å². The molecule has 10 atom stereocenters. The van der Waals surface area contributed by atoms with Gasteiger partial charge in [-0.3, -0.25) is 57.5 Å². The van der Waals surface area contributed by atoms with Gasteiger partial charge in [0.15, 0.2) is 0 Å². The van der Waals surface area contributed by atoms with Crippen molar-refractivity contribution < 1.29 is 82.8 Å². The summed E-state index contributed by atoms with van der Waals surface area (Å²) >= 11 is 12.1. The minimum absolute atomic E-state index is 0.0969. The second-order valence-corrected chi connectivity index (χ2v) is 16.9. The molecule has 12 amide bonds. The molecule has 0 aromatic heterocycles. The standard InChI is InChI=1S/C39H68N14O17S3/c1-17(41)31(61)49-21(12-54)32(62)43-9-27(58)46-19(6-7-26(42)57)35(65)51-25(16-73)37(67)53-30(18(2)56)38(68)52-24(15-72)36(66)50-22(13-55)33(63)44-11-29(60)48-23(14-71)34(64)45-10-28(59)47-20(39(69)70)5-3-4-8-40/h17-25,30,54-56,71-73H,3-16,40-41H2,1-2H3,(H2,42,57)(H,43,62)(H,44,63)(H,45,64)(H,46,58)(H,47,59)(H,48,60)(H,49,61)(H,50,66)(H,51,65)(H,52,68)(H,53,67)(H,69,70)/t17-,18+,19-,20-,21-,22-,23-,24-,25-,30-/m0/s1. The van der Waals surface area contributed by atoms with E-state index in [0.29, 0.717) is 19.4 Å². The topological polar surface area (TPSA) is 513 Å². The predicted molar refractivity (Wildman–Crippen MR) is 265 cm³/mol. The Balaban J connectivity index is 5.58. The van der Waals surface area contributed by atoms with Crippen molar-refractivity contribution in [2.45, 2.75) is 106 Å². The van der Waals surface area contributed by atoms with Gasteiger partial charge in [-0.05, 0) is 46.1 Å². The number of carboxylic acid groups (broad SMARTS) is 1. The fraction of sp³-hybridized carbons (Fsp3) is 0.667. The summed E-state index contributed by atoms with van der Waals surface area (Å²) in [5.74, 6) is -14.5. The van der Waals surface area contributed by atoms with Gasteiger partial charge in [-0.25, -0.2) is 4.79 Å². The van der Waals surface area contributed by atoms with Crippen LogP contribution in [-0.2, 0) is 62.3 Å². The summed E-state index contributed by atoms with van der Waals surface area (Å²) in [6.45, 7) is -1.44. The van der Waals surface area contributed by atoms with E-state index in [1.807, 2.05) is 0 Å². The number of nitrogens with two attached hydrogens (primary N) is 3. The number of carbonyl (C=O) groups is 13. The zero-order valence-electron chi connectivity index (χ0n) is 39.8. The summed E-state index contributed by atoms with van der Waals surface area (Å²) in [6.07, 6.45) is -1.49. The number of aliphatic hydroxyl groups excluding tert-OH is 3. The van der Waals surface area contributed by atoms with E-state index in [2.05, 4.69) is 96.4 Å². The van der Waals surface area contributed by atoms with Gasteiger partial charge in [0.2, 0.25) is 70.9 Å². The number of amides is 12. The first kappa shape index (κ1) is 67.0. The van der Waals surface area contributed by atoms with E-state index in [0.717, 1.165) is 6.92 Å². The Morgan fingerprint density at radius 1 is 0.479 bits per heavy atom. The van der Waals surface area contributed by atoms with Gasteiger partial charge in [-0.2, -0.15) is 37.9 Å². The molecule has 0 aromatic carbocycles. The Labute approximate surface area is 434 Å². The van der Waals surface area contributed by atoms with Gasteiger partial charge in [0, 0.05) is 23.7 Å². The molecule has 34 heteroatoms. The maximum absolute atomic E-state index is 13.4. The van der Waals surface area contributed by atoms with E-state index in [4.69, 9.17) is 17.2 Å². The Hall–Kier alpha value is -6.04. The maximum atomic E-state index is 13.4. The molecule has 0 aliphatic rings. The van der Waals surface area contributed by atoms with Gasteiger partial charge < -0.3 is 96.1 Å². The molecule has 0 fully saturated rings. The molecule has 414 valence electrons. The van der Waals surface area contributed by atoms with Crippen LogP contribution in [0, 0.1) is 0 Å². The summed E-state index contributed by atoms with van der Waals surface area (Å²) in [5.41, 5.74) is 16.0. The number of aliphatic carboxylic acids is 1. The molecule has 21 N–H and O–H groups in total. The van der Waals surface area contributed by atoms with Gasteiger partial charge in [0.25, 0.3) is 0 Å². The molecule has 0 spiro atoms. The van der Waals surface area contributed by atoms with Crippen LogP contribution in [-0.4, -0.2) is 214 Å². The highest BCUT2D eigenvalue weighted by molar-refractivity contribution is 7.80. The SMILES string of the molecule is C[C@H](N)C(=O)N[C@@H](CO)C(=O)NCC(=O)N[C@@H](CCC(N)=O)C(=O)N[C@@H](CS)C(=O)N[C@H](C(=O)N[C@@H](CS)C(=O)N[C@@H](CO)C(=O)NCC(=O)N[C@@H](CS)C(=O)NCC(=O)N[C@@H](CCCCN)C(=O)O)[C@@H](C)O. The molecular weight excluding hydrogens is 1030 g/mol. The summed E-state index contributed by atoms with van der Waals surface area (Å²) in [6, 6.07) is -13.4. The van der Waals surface area contributed by atoms with Crippen molar-refractivity contribution in [1.29, 1.82) is 0 Å². The lowest BCUT2D eigenvalue weighted by Crippen LogP contribution is -2.62. The van der Waals surface area contributed by atoms with Crippen molar-refractivity contribution in [3.8, 4) is 0 Å². The summed E-state index contributed by atoms with van der Waals surface area (Å²) < 4.78 is 0. The number of hydrogen-bond acceptors (Lipinski definition) is 21. The number of primary amides is 1. The molecule has 0 saturated carbocycles. The number of carbonyl (C=O) groups excluding carboxylic acids is 12. The molecule has 31 nitrogen and oxygen atoms in total. The third-order valence-electron chi connectivity index (χ3n) is 9.75. The fourth-order valence-corrected chi connectivity index (χ4v) is 6.42. The number of aliphatic hydroxyl groups is 3. The molecule has 0 aliphatic carbocycles. The van der Waals surface area contributed by atoms with Crippen LogP contribution in [0.4, 0.5) is 0 Å². The summed E-state index contributed by atoms with van der Waals surface area (Å²) in [5, 5.41) is 63.4. The molecule has 0 aliphatic heterocycles. The van der Waals surface area contributed by atoms with E-state index < -0.39 is 195 Å². The molecule has 0 saturated heterocycles. The third-order valence-corrected chi connectivity index (χ3v) is 10.8. The van der Waals surface area contributed by atoms with E-state index in [-0.39, 0.29) is 12.2 Å². The Bertz CT molecular complexity index is 1940. The molecule has 0 aromatic rings. The van der Waals surface area contributed by atoms with Crippen LogP contribution in [0.1, 0.15) is 46.0 Å². The fourth-order valence-electron chi connectivity index (χ4n) is 5.65. The van der Waals surface area contributed by atoms with Crippen LogP contribution in [0.15, 0.2) is 0 Å². The molecule has 0 bridgehead atoms. The van der Waals surface area contributed by atoms with Crippen LogP contribution in [0.5, 0.6) is 0 Å². The number of hydrogen-bond donors (Lipinski definition) is 21. The smallest absolute Gasteiger partial charge is 0.326 e. The van der Waals surface area contributed by atoms with Crippen LogP contribution in [0.25, 0.3) is 0 Å². The third kappa shape index (κ3) is 26.5. The lowest BCUT2D eigenvalue weighted by atomic mass is 10.1. The minimum atomic E-state index is -1.84. The van der Waals surface area contributed by atoms with Crippen molar-refractivity contribution in [1.82, 2.24) is 58.5 Å². The van der Waals surface area contributed by atoms with Gasteiger partial charge in [0.05, 0.1) is 45.0 Å². The summed E-state index contributed by atoms with van der Waals surface area (Å²) in [7, 11) is 0. The molecule has 0 rings (SSSR count). The second-order valence-electron chi connectivity index (χ2n) is 15.8. The second kappa shape index (κ2) is 36.0. The Morgan fingerprint density at radius 3 is 1.25 bits per heavy atom. The molecule has 0 unspecified atom stereocenters. The number of rotatable bonds is 36. The van der Waals surface area contributed by atoms with Gasteiger partial charge >= 0.3 is 5.97 Å². The highest BCUT2D eigenvalue weighted by Gasteiger charge is 2.34. The normalized spacial score (nSPS) is 14.9. The van der Waals surface area contributed by atoms with Crippen molar-refractivity contribution in [3.63, 3.8) is 0 Å². The molecule has 73 heavy (non-hydrogen) atoms. The minimum Gasteiger partial charge on any atom is -0.480 e. The van der Waals surface area contributed by atoms with Gasteiger partial charge in [0.1, 0.15) is 48.3 Å². The number of thiol groups is 3. The maximum Gasteiger partial charge on any atom is 0.326 e. The summed E-state index contributed by atoms with van der Waals surface area (Å²) in [4.78, 5) is 164. The Morgan fingerprint density at radius 2 is 0.849 bits per heavy atom. The lowest BCUT2D eigenvalue weighted by molar-refractivity contribution is -0.142.